The Kier molecular flexibility index (Phi) is 4.19. The minimum absolute atomic E-state index is 0.827. The fourth-order valence-corrected chi connectivity index (χ4v) is 6.77. The van der Waals surface area contributed by atoms with E-state index in [0.29, 0.717) is 0 Å². The summed E-state index contributed by atoms with van der Waals surface area (Å²) in [4.78, 5) is 0. The third kappa shape index (κ3) is 2.66. The molecule has 8 rings (SSSR count). The van der Waals surface area contributed by atoms with Gasteiger partial charge < -0.3 is 13.7 Å². The SMILES string of the molecule is CCn1c2ccccc2c2c3c4ccccc4n(Cc4cccc5c4c4ccccc4n5C)c3ccc21. The van der Waals surface area contributed by atoms with E-state index >= 15 is 0 Å². The maximum absolute atomic E-state index is 2.53. The van der Waals surface area contributed by atoms with E-state index in [4.69, 9.17) is 0 Å². The van der Waals surface area contributed by atoms with Crippen molar-refractivity contribution in [2.75, 3.05) is 0 Å². The maximum atomic E-state index is 2.53. The predicted molar refractivity (Wildman–Crippen MR) is 158 cm³/mol. The summed E-state index contributed by atoms with van der Waals surface area (Å²) in [5.41, 5.74) is 9.13. The van der Waals surface area contributed by atoms with Crippen molar-refractivity contribution in [2.45, 2.75) is 20.0 Å². The Morgan fingerprint density at radius 1 is 0.459 bits per heavy atom. The molecule has 3 heteroatoms. The molecule has 0 aliphatic carbocycles. The van der Waals surface area contributed by atoms with Gasteiger partial charge in [-0.2, -0.15) is 0 Å². The minimum atomic E-state index is 0.827. The lowest BCUT2D eigenvalue weighted by atomic mass is 10.1. The highest BCUT2D eigenvalue weighted by Crippen LogP contribution is 2.41. The number of hydrogen-bond donors (Lipinski definition) is 0. The van der Waals surface area contributed by atoms with E-state index < -0.39 is 0 Å². The Morgan fingerprint density at radius 3 is 1.62 bits per heavy atom. The van der Waals surface area contributed by atoms with Gasteiger partial charge in [0, 0.05) is 80.0 Å². The molecule has 0 amide bonds. The van der Waals surface area contributed by atoms with Gasteiger partial charge in [-0.1, -0.05) is 66.7 Å². The van der Waals surface area contributed by atoms with Crippen LogP contribution in [0.25, 0.3) is 65.4 Å². The fraction of sp³-hybridized carbons (Fsp3) is 0.118. The fourth-order valence-electron chi connectivity index (χ4n) is 6.77. The van der Waals surface area contributed by atoms with Crippen LogP contribution in [0.1, 0.15) is 12.5 Å². The van der Waals surface area contributed by atoms with Gasteiger partial charge in [-0.25, -0.2) is 0 Å². The molecular weight excluding hydrogens is 450 g/mol. The molecule has 8 aromatic rings. The third-order valence-corrected chi connectivity index (χ3v) is 8.34. The summed E-state index contributed by atoms with van der Waals surface area (Å²) in [6.45, 7) is 4.02. The van der Waals surface area contributed by atoms with Crippen LogP contribution < -0.4 is 0 Å². The van der Waals surface area contributed by atoms with Crippen molar-refractivity contribution in [3.05, 3.63) is 109 Å². The molecule has 3 aromatic heterocycles. The normalized spacial score (nSPS) is 12.3. The van der Waals surface area contributed by atoms with Crippen LogP contribution in [0.15, 0.2) is 103 Å². The standard InChI is InChI=1S/C34H27N3/c1-3-36-27-16-8-5-13-24(27)33-30(36)19-20-31-34(33)25-14-6-9-17-28(25)37(31)21-22-11-10-18-29-32(22)23-12-4-7-15-26(23)35(29)2/h4-20H,3,21H2,1-2H3. The van der Waals surface area contributed by atoms with Crippen molar-refractivity contribution in [1.29, 1.82) is 0 Å². The monoisotopic (exact) mass is 477 g/mol. The minimum Gasteiger partial charge on any atom is -0.344 e. The Balaban J connectivity index is 1.48. The Bertz CT molecular complexity index is 2170. The van der Waals surface area contributed by atoms with Crippen LogP contribution in [0, 0.1) is 0 Å². The van der Waals surface area contributed by atoms with Crippen molar-refractivity contribution < 1.29 is 0 Å². The number of nitrogens with zero attached hydrogens (tertiary/aromatic N) is 3. The average Bonchev–Trinajstić information content (AvgIpc) is 3.55. The first-order valence-corrected chi connectivity index (χ1v) is 13.1. The van der Waals surface area contributed by atoms with E-state index in [2.05, 4.69) is 131 Å². The van der Waals surface area contributed by atoms with Crippen LogP contribution in [0.2, 0.25) is 0 Å². The molecule has 0 unspecified atom stereocenters. The van der Waals surface area contributed by atoms with Crippen molar-refractivity contribution in [1.82, 2.24) is 13.7 Å². The molecule has 0 bridgehead atoms. The maximum Gasteiger partial charge on any atom is 0.0502 e. The molecule has 37 heavy (non-hydrogen) atoms. The largest absolute Gasteiger partial charge is 0.344 e. The number of hydrogen-bond acceptors (Lipinski definition) is 0. The van der Waals surface area contributed by atoms with E-state index in [0.717, 1.165) is 13.1 Å². The van der Waals surface area contributed by atoms with Gasteiger partial charge in [-0.3, -0.25) is 0 Å². The topological polar surface area (TPSA) is 14.8 Å². The number of benzene rings is 5. The van der Waals surface area contributed by atoms with E-state index in [1.54, 1.807) is 0 Å². The van der Waals surface area contributed by atoms with E-state index in [-0.39, 0.29) is 0 Å². The summed E-state index contributed by atoms with van der Waals surface area (Å²) in [6, 6.07) is 38.0. The third-order valence-electron chi connectivity index (χ3n) is 8.34. The molecule has 0 radical (unpaired) electrons. The molecule has 0 N–H and O–H groups in total. The summed E-state index contributed by atoms with van der Waals surface area (Å²) < 4.78 is 7.30. The van der Waals surface area contributed by atoms with E-state index in [1.807, 2.05) is 0 Å². The number of rotatable bonds is 3. The van der Waals surface area contributed by atoms with E-state index in [9.17, 15) is 0 Å². The molecule has 0 saturated heterocycles. The van der Waals surface area contributed by atoms with Gasteiger partial charge in [0.15, 0.2) is 0 Å². The van der Waals surface area contributed by atoms with Crippen LogP contribution >= 0.6 is 0 Å². The Labute approximate surface area is 214 Å². The summed E-state index contributed by atoms with van der Waals surface area (Å²) in [6.07, 6.45) is 0. The molecule has 178 valence electrons. The van der Waals surface area contributed by atoms with Crippen molar-refractivity contribution in [3.8, 4) is 0 Å². The first kappa shape index (κ1) is 20.7. The van der Waals surface area contributed by atoms with Crippen molar-refractivity contribution >= 4 is 65.4 Å². The highest BCUT2D eigenvalue weighted by molar-refractivity contribution is 6.28. The second-order valence-electron chi connectivity index (χ2n) is 10.1. The number of fused-ring (bicyclic) bond motifs is 10. The van der Waals surface area contributed by atoms with Crippen molar-refractivity contribution in [3.63, 3.8) is 0 Å². The summed E-state index contributed by atoms with van der Waals surface area (Å²) in [5, 5.41) is 8.08. The lowest BCUT2D eigenvalue weighted by Crippen LogP contribution is -2.00. The second kappa shape index (κ2) is 7.50. The quantitative estimate of drug-likeness (QED) is 0.242. The zero-order chi connectivity index (χ0) is 24.7. The van der Waals surface area contributed by atoms with Gasteiger partial charge in [0.25, 0.3) is 0 Å². The van der Waals surface area contributed by atoms with Crippen LogP contribution in [-0.4, -0.2) is 13.7 Å². The predicted octanol–water partition coefficient (Wildman–Crippen LogP) is 8.62. The summed E-state index contributed by atoms with van der Waals surface area (Å²) in [7, 11) is 2.18. The second-order valence-corrected chi connectivity index (χ2v) is 10.1. The molecule has 0 aliphatic heterocycles. The molecule has 0 fully saturated rings. The molecule has 3 nitrogen and oxygen atoms in total. The van der Waals surface area contributed by atoms with Gasteiger partial charge in [-0.05, 0) is 48.9 Å². The lowest BCUT2D eigenvalue weighted by molar-refractivity contribution is 0.827. The van der Waals surface area contributed by atoms with Gasteiger partial charge in [0.1, 0.15) is 0 Å². The summed E-state index contributed by atoms with van der Waals surface area (Å²) >= 11 is 0. The first-order chi connectivity index (χ1) is 18.3. The van der Waals surface area contributed by atoms with Gasteiger partial charge in [0.2, 0.25) is 0 Å². The van der Waals surface area contributed by atoms with Crippen LogP contribution in [-0.2, 0) is 20.1 Å². The smallest absolute Gasteiger partial charge is 0.0502 e. The molecule has 0 saturated carbocycles. The highest BCUT2D eigenvalue weighted by atomic mass is 15.0. The molecule has 0 atom stereocenters. The molecule has 3 heterocycles. The number of para-hydroxylation sites is 3. The Hall–Kier alpha value is -4.50. The van der Waals surface area contributed by atoms with Crippen LogP contribution in [0.3, 0.4) is 0 Å². The Morgan fingerprint density at radius 2 is 0.973 bits per heavy atom. The van der Waals surface area contributed by atoms with Crippen LogP contribution in [0.4, 0.5) is 0 Å². The molecular formula is C34H27N3. The molecule has 0 aliphatic rings. The number of aryl methyl sites for hydroxylation is 2. The lowest BCUT2D eigenvalue weighted by Gasteiger charge is -2.10. The molecule has 5 aromatic carbocycles. The van der Waals surface area contributed by atoms with E-state index in [1.165, 1.54) is 71.0 Å². The zero-order valence-corrected chi connectivity index (χ0v) is 21.1. The molecule has 0 spiro atoms. The first-order valence-electron chi connectivity index (χ1n) is 13.1. The van der Waals surface area contributed by atoms with Crippen molar-refractivity contribution in [2.24, 2.45) is 7.05 Å². The summed E-state index contributed by atoms with van der Waals surface area (Å²) in [5.74, 6) is 0. The number of aromatic nitrogens is 3. The van der Waals surface area contributed by atoms with Gasteiger partial charge >= 0.3 is 0 Å². The van der Waals surface area contributed by atoms with Gasteiger partial charge in [-0.15, -0.1) is 0 Å². The zero-order valence-electron chi connectivity index (χ0n) is 21.1. The highest BCUT2D eigenvalue weighted by Gasteiger charge is 2.19. The average molecular weight is 478 g/mol. The van der Waals surface area contributed by atoms with Crippen LogP contribution in [0.5, 0.6) is 0 Å². The van der Waals surface area contributed by atoms with Gasteiger partial charge in [0.05, 0.1) is 5.52 Å².